The highest BCUT2D eigenvalue weighted by Crippen LogP contribution is 2.45. The lowest BCUT2D eigenvalue weighted by Gasteiger charge is -2.21. The summed E-state index contributed by atoms with van der Waals surface area (Å²) in [5.41, 5.74) is 0. The van der Waals surface area contributed by atoms with Gasteiger partial charge in [-0.1, -0.05) is 351 Å². The van der Waals surface area contributed by atoms with Crippen molar-refractivity contribution in [2.24, 2.45) is 23.7 Å². The van der Waals surface area contributed by atoms with Gasteiger partial charge in [-0.3, -0.25) is 37.3 Å². The van der Waals surface area contributed by atoms with Crippen molar-refractivity contribution in [2.45, 2.75) is 420 Å². The van der Waals surface area contributed by atoms with Crippen molar-refractivity contribution in [3.63, 3.8) is 0 Å². The molecule has 4 unspecified atom stereocenters. The van der Waals surface area contributed by atoms with Crippen LogP contribution in [0.25, 0.3) is 0 Å². The van der Waals surface area contributed by atoms with Crippen LogP contribution in [0.4, 0.5) is 0 Å². The molecule has 0 aliphatic rings. The van der Waals surface area contributed by atoms with Crippen molar-refractivity contribution >= 4 is 39.5 Å². The molecule has 7 atom stereocenters. The van der Waals surface area contributed by atoms with Crippen LogP contribution in [0.5, 0.6) is 0 Å². The van der Waals surface area contributed by atoms with E-state index in [1.165, 1.54) is 205 Å². The Hall–Kier alpha value is -1.94. The van der Waals surface area contributed by atoms with Crippen molar-refractivity contribution in [2.75, 3.05) is 39.6 Å². The van der Waals surface area contributed by atoms with E-state index in [-0.39, 0.29) is 25.7 Å². The van der Waals surface area contributed by atoms with Crippen molar-refractivity contribution in [3.8, 4) is 0 Å². The van der Waals surface area contributed by atoms with E-state index >= 15 is 0 Å². The maximum Gasteiger partial charge on any atom is 0.472 e. The molecule has 0 amide bonds. The Kier molecular flexibility index (Phi) is 66.8. The Balaban J connectivity index is 5.28. The van der Waals surface area contributed by atoms with Crippen molar-refractivity contribution in [1.82, 2.24) is 0 Å². The summed E-state index contributed by atoms with van der Waals surface area (Å²) in [6.07, 6.45) is 53.9. The molecular formula is C79H154O17P2. The molecule has 0 saturated heterocycles. The van der Waals surface area contributed by atoms with Crippen LogP contribution < -0.4 is 0 Å². The molecule has 3 N–H and O–H groups in total. The third-order valence-electron chi connectivity index (χ3n) is 19.0. The Morgan fingerprint density at radius 1 is 0.286 bits per heavy atom. The Morgan fingerprint density at radius 3 is 0.724 bits per heavy atom. The third kappa shape index (κ3) is 69.8. The minimum atomic E-state index is -4.96. The van der Waals surface area contributed by atoms with Crippen molar-refractivity contribution in [1.29, 1.82) is 0 Å². The van der Waals surface area contributed by atoms with E-state index in [0.717, 1.165) is 114 Å². The van der Waals surface area contributed by atoms with Gasteiger partial charge in [0.15, 0.2) is 12.2 Å². The molecule has 0 heterocycles. The average molecular weight is 1440 g/mol. The molecule has 17 nitrogen and oxygen atoms in total. The van der Waals surface area contributed by atoms with Crippen molar-refractivity contribution in [3.05, 3.63) is 0 Å². The number of rotatable bonds is 76. The largest absolute Gasteiger partial charge is 0.472 e. The minimum Gasteiger partial charge on any atom is -0.462 e. The Morgan fingerprint density at radius 2 is 0.490 bits per heavy atom. The number of hydrogen-bond donors (Lipinski definition) is 3. The standard InChI is InChI=1S/C79H154O17P2/c1-9-71(7)57-49-41-33-25-21-22-28-38-46-54-62-79(84)96-75(66-90-77(82)60-52-44-36-30-29-34-42-50-58-72(8)10-2)68-94-98(87,88)92-64-73(80)63-91-97(85,86)93-67-74(65-89-76(81)59-51-43-35-26-20-16-18-24-32-40-48-56-70(5)6)95-78(83)61-53-45-37-27-19-15-13-11-12-14-17-23-31-39-47-55-69(3)4/h69-75,80H,9-68H2,1-8H3,(H,85,86)(H,87,88)/t71?,72?,73-,74-,75-/m1/s1. The summed E-state index contributed by atoms with van der Waals surface area (Å²) in [6.45, 7) is 14.3. The van der Waals surface area contributed by atoms with Gasteiger partial charge in [-0.05, 0) is 49.4 Å². The number of unbranched alkanes of at least 4 members (excludes halogenated alkanes) is 40. The molecule has 0 aliphatic carbocycles. The van der Waals surface area contributed by atoms with Gasteiger partial charge in [-0.15, -0.1) is 0 Å². The van der Waals surface area contributed by atoms with Crippen LogP contribution in [-0.4, -0.2) is 96.7 Å². The number of carbonyl (C=O) groups is 4. The van der Waals surface area contributed by atoms with E-state index in [2.05, 4.69) is 55.4 Å². The van der Waals surface area contributed by atoms with Gasteiger partial charge in [-0.2, -0.15) is 0 Å². The number of phosphoric acid groups is 2. The summed E-state index contributed by atoms with van der Waals surface area (Å²) in [7, 11) is -9.92. The molecule has 0 radical (unpaired) electrons. The average Bonchev–Trinajstić information content (AvgIpc) is 1.11. The van der Waals surface area contributed by atoms with E-state index in [1.807, 2.05) is 0 Å². The number of ether oxygens (including phenoxy) is 4. The van der Waals surface area contributed by atoms with Gasteiger partial charge in [0.2, 0.25) is 0 Å². The second-order valence-corrected chi connectivity index (χ2v) is 32.8. The molecule has 0 aliphatic heterocycles. The fraction of sp³-hybridized carbons (Fsp3) is 0.949. The van der Waals surface area contributed by atoms with Crippen LogP contribution in [0, 0.1) is 23.7 Å². The van der Waals surface area contributed by atoms with Gasteiger partial charge >= 0.3 is 39.5 Å². The van der Waals surface area contributed by atoms with Gasteiger partial charge in [0.05, 0.1) is 26.4 Å². The van der Waals surface area contributed by atoms with Gasteiger partial charge in [0.1, 0.15) is 19.3 Å². The van der Waals surface area contributed by atoms with Crippen LogP contribution in [0.15, 0.2) is 0 Å². The first-order valence-corrected chi connectivity index (χ1v) is 43.8. The maximum absolute atomic E-state index is 13.1. The second kappa shape index (κ2) is 68.2. The Bertz CT molecular complexity index is 1920. The number of phosphoric ester groups is 2. The molecule has 0 aromatic heterocycles. The van der Waals surface area contributed by atoms with Gasteiger partial charge in [0, 0.05) is 25.7 Å². The summed E-state index contributed by atoms with van der Waals surface area (Å²) < 4.78 is 68.7. The van der Waals surface area contributed by atoms with Crippen LogP contribution >= 0.6 is 15.6 Å². The molecule has 0 aromatic carbocycles. The smallest absolute Gasteiger partial charge is 0.462 e. The molecule has 582 valence electrons. The first kappa shape index (κ1) is 96.1. The first-order valence-electron chi connectivity index (χ1n) is 40.8. The summed E-state index contributed by atoms with van der Waals surface area (Å²) >= 11 is 0. The topological polar surface area (TPSA) is 237 Å². The van der Waals surface area contributed by atoms with Crippen LogP contribution in [0.2, 0.25) is 0 Å². The number of aliphatic hydroxyl groups excluding tert-OH is 1. The Labute approximate surface area is 600 Å². The fourth-order valence-corrected chi connectivity index (χ4v) is 13.6. The quantitative estimate of drug-likeness (QED) is 0.0222. The molecule has 19 heteroatoms. The lowest BCUT2D eigenvalue weighted by molar-refractivity contribution is -0.161. The summed E-state index contributed by atoms with van der Waals surface area (Å²) in [4.78, 5) is 73.0. The van der Waals surface area contributed by atoms with Crippen molar-refractivity contribution < 1.29 is 80.2 Å². The van der Waals surface area contributed by atoms with Crippen LogP contribution in [0.3, 0.4) is 0 Å². The van der Waals surface area contributed by atoms with Crippen LogP contribution in [0.1, 0.15) is 402 Å². The monoisotopic (exact) mass is 1440 g/mol. The summed E-state index contributed by atoms with van der Waals surface area (Å²) in [6, 6.07) is 0. The summed E-state index contributed by atoms with van der Waals surface area (Å²) in [5, 5.41) is 10.6. The lowest BCUT2D eigenvalue weighted by Crippen LogP contribution is -2.30. The summed E-state index contributed by atoms with van der Waals surface area (Å²) in [5.74, 6) is 1.04. The predicted octanol–water partition coefficient (Wildman–Crippen LogP) is 23.2. The predicted molar refractivity (Wildman–Crippen MR) is 400 cm³/mol. The maximum atomic E-state index is 13.1. The van der Waals surface area contributed by atoms with E-state index in [9.17, 15) is 43.2 Å². The van der Waals surface area contributed by atoms with E-state index in [4.69, 9.17) is 37.0 Å². The zero-order valence-corrected chi connectivity index (χ0v) is 66.2. The highest BCUT2D eigenvalue weighted by molar-refractivity contribution is 7.47. The molecule has 98 heavy (non-hydrogen) atoms. The van der Waals surface area contributed by atoms with E-state index < -0.39 is 97.5 Å². The lowest BCUT2D eigenvalue weighted by atomic mass is 9.99. The minimum absolute atomic E-state index is 0.105. The van der Waals surface area contributed by atoms with Crippen LogP contribution in [-0.2, 0) is 65.4 Å². The molecule has 0 spiro atoms. The fourth-order valence-electron chi connectivity index (χ4n) is 12.0. The molecule has 0 aromatic rings. The normalized spacial score (nSPS) is 14.6. The third-order valence-corrected chi connectivity index (χ3v) is 20.9. The highest BCUT2D eigenvalue weighted by atomic mass is 31.2. The van der Waals surface area contributed by atoms with E-state index in [0.29, 0.717) is 25.7 Å². The molecular weight excluding hydrogens is 1280 g/mol. The zero-order chi connectivity index (χ0) is 72.4. The van der Waals surface area contributed by atoms with Gasteiger partial charge in [-0.25, -0.2) is 9.13 Å². The van der Waals surface area contributed by atoms with Gasteiger partial charge < -0.3 is 33.8 Å². The number of hydrogen-bond acceptors (Lipinski definition) is 15. The molecule has 0 rings (SSSR count). The molecule has 0 fully saturated rings. The van der Waals surface area contributed by atoms with E-state index in [1.54, 1.807) is 0 Å². The highest BCUT2D eigenvalue weighted by Gasteiger charge is 2.30. The molecule has 0 saturated carbocycles. The SMILES string of the molecule is CCC(C)CCCCCCCCCCCCC(=O)O[C@H](COC(=O)CCCCCCCCCCC(C)CC)COP(=O)(O)OC[C@H](O)COP(=O)(O)OC[C@@H](COC(=O)CCCCCCCCCCCCCC(C)C)OC(=O)CCCCCCCCCCCCCCCCCC(C)C. The number of aliphatic hydroxyl groups is 1. The second-order valence-electron chi connectivity index (χ2n) is 29.9. The first-order chi connectivity index (χ1) is 47.2. The number of esters is 4. The molecule has 0 bridgehead atoms. The zero-order valence-electron chi connectivity index (χ0n) is 64.4. The van der Waals surface area contributed by atoms with Gasteiger partial charge in [0.25, 0.3) is 0 Å². The number of carbonyl (C=O) groups excluding carboxylic acids is 4.